The van der Waals surface area contributed by atoms with Gasteiger partial charge in [0, 0.05) is 23.7 Å². The first kappa shape index (κ1) is 36.3. The molecule has 240 valence electrons. The van der Waals surface area contributed by atoms with E-state index in [1.807, 2.05) is 13.8 Å². The van der Waals surface area contributed by atoms with Gasteiger partial charge in [-0.3, -0.25) is 4.79 Å². The Labute approximate surface area is 254 Å². The van der Waals surface area contributed by atoms with Gasteiger partial charge in [0.1, 0.15) is 25.7 Å². The number of sulfonamides is 1. The average Bonchev–Trinajstić information content (AvgIpc) is 3.38. The van der Waals surface area contributed by atoms with E-state index >= 15 is 0 Å². The molecule has 0 aromatic carbocycles. The van der Waals surface area contributed by atoms with Crippen molar-refractivity contribution in [2.75, 3.05) is 6.54 Å². The van der Waals surface area contributed by atoms with Crippen molar-refractivity contribution in [1.29, 1.82) is 0 Å². The molecule has 0 radical (unpaired) electrons. The van der Waals surface area contributed by atoms with Crippen molar-refractivity contribution in [3.05, 3.63) is 11.6 Å². The van der Waals surface area contributed by atoms with Crippen LogP contribution in [0.1, 0.15) is 99.6 Å². The Bertz CT molecular complexity index is 1370. The van der Waals surface area contributed by atoms with Crippen molar-refractivity contribution in [3.63, 3.8) is 0 Å². The number of fused-ring (bicyclic) bond motifs is 1. The molecule has 0 spiro atoms. The normalized spacial score (nSPS) is 23.7. The molecule has 14 heteroatoms. The second kappa shape index (κ2) is 13.8. The van der Waals surface area contributed by atoms with E-state index < -0.39 is 66.2 Å². The third-order valence-corrected chi connectivity index (χ3v) is 13.9. The van der Waals surface area contributed by atoms with Crippen LogP contribution in [-0.4, -0.2) is 69.2 Å². The first-order chi connectivity index (χ1) is 19.3. The number of thiophene rings is 1. The predicted octanol–water partition coefficient (Wildman–Crippen LogP) is 4.19. The van der Waals surface area contributed by atoms with Crippen LogP contribution in [-0.2, 0) is 38.9 Å². The highest BCUT2D eigenvalue weighted by Gasteiger charge is 2.44. The number of rotatable bonds is 14. The quantitative estimate of drug-likeness (QED) is 0.220. The van der Waals surface area contributed by atoms with Crippen molar-refractivity contribution >= 4 is 49.4 Å². The van der Waals surface area contributed by atoms with Crippen molar-refractivity contribution in [1.82, 2.24) is 5.32 Å². The van der Waals surface area contributed by atoms with Crippen LogP contribution in [0.25, 0.3) is 0 Å². The van der Waals surface area contributed by atoms with Gasteiger partial charge in [-0.2, -0.15) is 12.8 Å². The van der Waals surface area contributed by atoms with Crippen molar-refractivity contribution in [2.45, 2.75) is 125 Å². The van der Waals surface area contributed by atoms with E-state index in [0.29, 0.717) is 42.7 Å². The number of ether oxygens (including phenoxy) is 2. The van der Waals surface area contributed by atoms with Crippen molar-refractivity contribution in [2.24, 2.45) is 16.2 Å². The molecule has 42 heavy (non-hydrogen) atoms. The number of hydrogen-bond acceptors (Lipinski definition) is 11. The molecule has 1 aromatic rings. The molecule has 1 aliphatic heterocycles. The van der Waals surface area contributed by atoms with E-state index in [1.54, 1.807) is 41.5 Å². The maximum Gasteiger partial charge on any atom is 0.335 e. The maximum absolute atomic E-state index is 13.3. The van der Waals surface area contributed by atoms with Crippen LogP contribution in [0.3, 0.4) is 0 Å². The first-order valence-corrected chi connectivity index (χ1v) is 18.1. The monoisotopic (exact) mass is 650 g/mol. The van der Waals surface area contributed by atoms with E-state index in [9.17, 15) is 31.5 Å². The number of nitrogens with one attached hydrogen (secondary N) is 1. The summed E-state index contributed by atoms with van der Waals surface area (Å²) in [7, 11) is -7.91. The molecule has 2 N–H and O–H groups in total. The van der Waals surface area contributed by atoms with Crippen LogP contribution in [0.2, 0.25) is 0 Å². The van der Waals surface area contributed by atoms with E-state index in [1.165, 1.54) is 19.2 Å². The minimum atomic E-state index is -4.25. The minimum Gasteiger partial charge on any atom is -0.458 e. The molecule has 0 fully saturated rings. The SMILES string of the molecule is CCCC(C)(OC(=O)C(C)C(C)(CC)OC(=O)C(C)O)C(C)C=NS(=O)(=O)c1cc2c(s1)S(=O)(=O)[C@@H](C)C[C@@H]2NCC. The third kappa shape index (κ3) is 7.79. The largest absolute Gasteiger partial charge is 0.458 e. The summed E-state index contributed by atoms with van der Waals surface area (Å²) in [5.74, 6) is -3.03. The fourth-order valence-electron chi connectivity index (χ4n) is 4.76. The number of aliphatic hydroxyl groups is 1. The highest BCUT2D eigenvalue weighted by molar-refractivity contribution is 7.96. The summed E-state index contributed by atoms with van der Waals surface area (Å²) in [5.41, 5.74) is -1.94. The van der Waals surface area contributed by atoms with E-state index in [0.717, 1.165) is 0 Å². The molecule has 2 heterocycles. The third-order valence-electron chi connectivity index (χ3n) is 8.25. The molecule has 0 aliphatic carbocycles. The summed E-state index contributed by atoms with van der Waals surface area (Å²) >= 11 is 0.704. The zero-order valence-corrected chi connectivity index (χ0v) is 28.4. The van der Waals surface area contributed by atoms with Crippen molar-refractivity contribution < 1.29 is 41.0 Å². The Hall–Kier alpha value is -1.87. The van der Waals surface area contributed by atoms with Gasteiger partial charge < -0.3 is 19.9 Å². The minimum absolute atomic E-state index is 0.0445. The lowest BCUT2D eigenvalue weighted by molar-refractivity contribution is -0.187. The zero-order chi connectivity index (χ0) is 32.3. The number of sulfone groups is 1. The molecule has 1 aromatic heterocycles. The van der Waals surface area contributed by atoms with Gasteiger partial charge in [-0.1, -0.05) is 34.1 Å². The second-order valence-electron chi connectivity index (χ2n) is 11.5. The number of carbonyl (C=O) groups is 2. The van der Waals surface area contributed by atoms with Crippen LogP contribution < -0.4 is 5.32 Å². The molecular formula is C28H46N2O9S3. The lowest BCUT2D eigenvalue weighted by atomic mass is 9.85. The van der Waals surface area contributed by atoms with Gasteiger partial charge in [0.2, 0.25) is 0 Å². The summed E-state index contributed by atoms with van der Waals surface area (Å²) < 4.78 is 67.6. The van der Waals surface area contributed by atoms with E-state index in [4.69, 9.17) is 9.47 Å². The Kier molecular flexibility index (Phi) is 12.0. The molecular weight excluding hydrogens is 605 g/mol. The van der Waals surface area contributed by atoms with Crippen LogP contribution in [0.4, 0.5) is 0 Å². The van der Waals surface area contributed by atoms with Gasteiger partial charge in [0.25, 0.3) is 10.0 Å². The number of aliphatic hydroxyl groups excluding tert-OH is 1. The Morgan fingerprint density at radius 3 is 2.29 bits per heavy atom. The fourth-order valence-corrected chi connectivity index (χ4v) is 9.70. The summed E-state index contributed by atoms with van der Waals surface area (Å²) in [6.07, 6.45) is 1.50. The van der Waals surface area contributed by atoms with Crippen LogP contribution in [0.5, 0.6) is 0 Å². The smallest absolute Gasteiger partial charge is 0.335 e. The van der Waals surface area contributed by atoms with Crippen LogP contribution >= 0.6 is 11.3 Å². The Balaban J connectivity index is 2.34. The fraction of sp³-hybridized carbons (Fsp3) is 0.750. The Morgan fingerprint density at radius 1 is 1.17 bits per heavy atom. The topological polar surface area (TPSA) is 165 Å². The Morgan fingerprint density at radius 2 is 1.76 bits per heavy atom. The molecule has 2 rings (SSSR count). The van der Waals surface area contributed by atoms with Gasteiger partial charge in [-0.05, 0) is 66.5 Å². The van der Waals surface area contributed by atoms with Crippen LogP contribution in [0, 0.1) is 11.8 Å². The molecule has 0 bridgehead atoms. The lowest BCUT2D eigenvalue weighted by Gasteiger charge is -2.38. The highest BCUT2D eigenvalue weighted by Crippen LogP contribution is 2.43. The number of esters is 2. The van der Waals surface area contributed by atoms with Gasteiger partial charge in [0.05, 0.1) is 11.2 Å². The van der Waals surface area contributed by atoms with E-state index in [2.05, 4.69) is 9.71 Å². The zero-order valence-electron chi connectivity index (χ0n) is 26.0. The van der Waals surface area contributed by atoms with Gasteiger partial charge in [-0.25, -0.2) is 13.2 Å². The maximum atomic E-state index is 13.3. The summed E-state index contributed by atoms with van der Waals surface area (Å²) in [6, 6.07) is 1.11. The average molecular weight is 651 g/mol. The molecule has 1 aliphatic rings. The van der Waals surface area contributed by atoms with Gasteiger partial charge in [-0.15, -0.1) is 11.3 Å². The molecule has 11 nitrogen and oxygen atoms in total. The predicted molar refractivity (Wildman–Crippen MR) is 162 cm³/mol. The standard InChI is InChI=1S/C28H46N2O9S3/c1-10-13-28(9,38-24(32)19(6)27(8,11-2)39-25(33)20(7)31)17(4)16-30-42(36,37)23-15-21-22(29-12-3)14-18(5)41(34,35)26(21)40-23/h15-20,22,29,31H,10-14H2,1-9H3/t17?,18-,19?,20?,22-,27?,28?/m0/s1. The summed E-state index contributed by atoms with van der Waals surface area (Å²) in [4.78, 5) is 25.4. The molecule has 0 amide bonds. The lowest BCUT2D eigenvalue weighted by Crippen LogP contribution is -2.48. The van der Waals surface area contributed by atoms with E-state index in [-0.39, 0.29) is 20.9 Å². The van der Waals surface area contributed by atoms with Crippen LogP contribution in [0.15, 0.2) is 18.9 Å². The summed E-state index contributed by atoms with van der Waals surface area (Å²) in [6.45, 7) is 15.6. The number of nitrogens with zero attached hydrogens (tertiary/aromatic N) is 1. The van der Waals surface area contributed by atoms with Gasteiger partial charge in [0.15, 0.2) is 9.84 Å². The first-order valence-electron chi connectivity index (χ1n) is 14.3. The molecule has 0 saturated heterocycles. The van der Waals surface area contributed by atoms with Crippen molar-refractivity contribution in [3.8, 4) is 0 Å². The molecule has 5 unspecified atom stereocenters. The molecule has 7 atom stereocenters. The van der Waals surface area contributed by atoms with Gasteiger partial charge >= 0.3 is 11.9 Å². The number of hydrogen-bond donors (Lipinski definition) is 2. The molecule has 0 saturated carbocycles. The summed E-state index contributed by atoms with van der Waals surface area (Å²) in [5, 5.41) is 12.2. The highest BCUT2D eigenvalue weighted by atomic mass is 32.3. The second-order valence-corrected chi connectivity index (χ2v) is 17.0. The number of carbonyl (C=O) groups excluding carboxylic acids is 2.